The molecule has 6 nitrogen and oxygen atoms in total. The summed E-state index contributed by atoms with van der Waals surface area (Å²) in [5.74, 6) is 1.56. The van der Waals surface area contributed by atoms with Crippen LogP contribution < -0.4 is 10.1 Å². The van der Waals surface area contributed by atoms with Crippen LogP contribution in [0.3, 0.4) is 0 Å². The van der Waals surface area contributed by atoms with Crippen molar-refractivity contribution < 1.29 is 13.9 Å². The lowest BCUT2D eigenvalue weighted by atomic mass is 10.1. The lowest BCUT2D eigenvalue weighted by Gasteiger charge is -2.10. The number of rotatable bonds is 1. The van der Waals surface area contributed by atoms with Crippen molar-refractivity contribution in [3.05, 3.63) is 23.6 Å². The summed E-state index contributed by atoms with van der Waals surface area (Å²) in [7, 11) is 0. The number of aromatic nitrogens is 2. The van der Waals surface area contributed by atoms with Gasteiger partial charge in [0.05, 0.1) is 18.7 Å². The Bertz CT molecular complexity index is 649. The zero-order valence-corrected chi connectivity index (χ0v) is 10.7. The zero-order valence-electron chi connectivity index (χ0n) is 10.7. The minimum Gasteiger partial charge on any atom is -0.491 e. The minimum absolute atomic E-state index is 0.0599. The normalized spacial score (nSPS) is 14.3. The molecule has 0 spiro atoms. The van der Waals surface area contributed by atoms with E-state index in [1.165, 1.54) is 0 Å². The zero-order chi connectivity index (χ0) is 13.4. The van der Waals surface area contributed by atoms with Gasteiger partial charge >= 0.3 is 0 Å². The molecule has 0 saturated heterocycles. The SMILES string of the molecule is Cc1nnc(-c2cc3c(cc2C)OCCC(=O)N3)o1. The second kappa shape index (κ2) is 4.38. The number of hydrogen-bond acceptors (Lipinski definition) is 5. The molecule has 19 heavy (non-hydrogen) atoms. The molecule has 1 aromatic carbocycles. The van der Waals surface area contributed by atoms with Crippen LogP contribution in [0.2, 0.25) is 0 Å². The number of fused-ring (bicyclic) bond motifs is 1. The maximum absolute atomic E-state index is 11.5. The molecule has 0 atom stereocenters. The summed E-state index contributed by atoms with van der Waals surface area (Å²) in [4.78, 5) is 11.5. The van der Waals surface area contributed by atoms with Crippen molar-refractivity contribution in [3.63, 3.8) is 0 Å². The average molecular weight is 259 g/mol. The molecule has 1 N–H and O–H groups in total. The number of ether oxygens (including phenoxy) is 1. The number of anilines is 1. The second-order valence-corrected chi connectivity index (χ2v) is 4.44. The van der Waals surface area contributed by atoms with Crippen molar-refractivity contribution in [2.45, 2.75) is 20.3 Å². The second-order valence-electron chi connectivity index (χ2n) is 4.44. The largest absolute Gasteiger partial charge is 0.491 e. The first-order valence-corrected chi connectivity index (χ1v) is 6.01. The van der Waals surface area contributed by atoms with Gasteiger partial charge in [0.2, 0.25) is 17.7 Å². The van der Waals surface area contributed by atoms with E-state index in [2.05, 4.69) is 15.5 Å². The Labute approximate surface area is 109 Å². The van der Waals surface area contributed by atoms with Gasteiger partial charge in [-0.1, -0.05) is 0 Å². The van der Waals surface area contributed by atoms with Gasteiger partial charge in [0.25, 0.3) is 0 Å². The van der Waals surface area contributed by atoms with Crippen LogP contribution in [0.15, 0.2) is 16.5 Å². The third-order valence-electron chi connectivity index (χ3n) is 2.94. The Kier molecular flexibility index (Phi) is 2.70. The van der Waals surface area contributed by atoms with Gasteiger partial charge < -0.3 is 14.5 Å². The molecule has 2 heterocycles. The molecule has 6 heteroatoms. The highest BCUT2D eigenvalue weighted by atomic mass is 16.5. The fourth-order valence-electron chi connectivity index (χ4n) is 2.00. The van der Waals surface area contributed by atoms with Gasteiger partial charge in [-0.05, 0) is 24.6 Å². The first-order valence-electron chi connectivity index (χ1n) is 6.01. The molecular formula is C13H13N3O3. The van der Waals surface area contributed by atoms with Crippen LogP contribution in [-0.2, 0) is 4.79 Å². The number of carbonyl (C=O) groups excluding carboxylic acids is 1. The van der Waals surface area contributed by atoms with Gasteiger partial charge in [-0.15, -0.1) is 10.2 Å². The number of aryl methyl sites for hydroxylation is 2. The predicted molar refractivity (Wildman–Crippen MR) is 67.9 cm³/mol. The van der Waals surface area contributed by atoms with Crippen LogP contribution in [0.25, 0.3) is 11.5 Å². The minimum atomic E-state index is -0.0599. The number of benzene rings is 1. The van der Waals surface area contributed by atoms with E-state index in [1.54, 1.807) is 13.0 Å². The molecule has 2 aromatic rings. The maximum atomic E-state index is 11.5. The fraction of sp³-hybridized carbons (Fsp3) is 0.308. The van der Waals surface area contributed by atoms with E-state index in [1.807, 2.05) is 13.0 Å². The number of carbonyl (C=O) groups is 1. The van der Waals surface area contributed by atoms with E-state index in [4.69, 9.17) is 9.15 Å². The Balaban J connectivity index is 2.09. The smallest absolute Gasteiger partial charge is 0.248 e. The Morgan fingerprint density at radius 1 is 1.26 bits per heavy atom. The number of hydrogen-bond donors (Lipinski definition) is 1. The van der Waals surface area contributed by atoms with E-state index in [0.717, 1.165) is 11.1 Å². The summed E-state index contributed by atoms with van der Waals surface area (Å²) in [5.41, 5.74) is 2.39. The van der Waals surface area contributed by atoms with Crippen LogP contribution in [0.1, 0.15) is 17.9 Å². The summed E-state index contributed by atoms with van der Waals surface area (Å²) < 4.78 is 11.0. The van der Waals surface area contributed by atoms with Crippen molar-refractivity contribution in [2.75, 3.05) is 11.9 Å². The molecule has 1 aliphatic heterocycles. The molecular weight excluding hydrogens is 246 g/mol. The number of amides is 1. The number of nitrogens with one attached hydrogen (secondary N) is 1. The third kappa shape index (κ3) is 2.16. The van der Waals surface area contributed by atoms with Crippen molar-refractivity contribution >= 4 is 11.6 Å². The molecule has 1 aromatic heterocycles. The molecule has 0 radical (unpaired) electrons. The quantitative estimate of drug-likeness (QED) is 0.848. The summed E-state index contributed by atoms with van der Waals surface area (Å²) in [5, 5.41) is 10.6. The van der Waals surface area contributed by atoms with Gasteiger partial charge in [0.1, 0.15) is 5.75 Å². The monoisotopic (exact) mass is 259 g/mol. The molecule has 0 unspecified atom stereocenters. The first-order chi connectivity index (χ1) is 9.13. The molecule has 1 aliphatic rings. The lowest BCUT2D eigenvalue weighted by Crippen LogP contribution is -2.10. The standard InChI is InChI=1S/C13H13N3O3/c1-7-5-11-10(14-12(17)3-4-18-11)6-9(7)13-16-15-8(2)19-13/h5-6H,3-4H2,1-2H3,(H,14,17). The summed E-state index contributed by atoms with van der Waals surface area (Å²) in [6, 6.07) is 3.68. The summed E-state index contributed by atoms with van der Waals surface area (Å²) in [6.07, 6.45) is 0.350. The van der Waals surface area contributed by atoms with Crippen molar-refractivity contribution in [3.8, 4) is 17.2 Å². The van der Waals surface area contributed by atoms with E-state index in [9.17, 15) is 4.79 Å². The molecule has 3 rings (SSSR count). The van der Waals surface area contributed by atoms with Gasteiger partial charge in [0, 0.05) is 12.5 Å². The van der Waals surface area contributed by atoms with Crippen molar-refractivity contribution in [1.82, 2.24) is 10.2 Å². The highest BCUT2D eigenvalue weighted by Crippen LogP contribution is 2.34. The summed E-state index contributed by atoms with van der Waals surface area (Å²) >= 11 is 0. The average Bonchev–Trinajstić information content (AvgIpc) is 2.70. The molecule has 0 bridgehead atoms. The lowest BCUT2D eigenvalue weighted by molar-refractivity contribution is -0.116. The summed E-state index contributed by atoms with van der Waals surface area (Å²) in [6.45, 7) is 4.06. The first kappa shape index (κ1) is 11.7. The Hall–Kier alpha value is -2.37. The predicted octanol–water partition coefficient (Wildman–Crippen LogP) is 2.07. The fourth-order valence-corrected chi connectivity index (χ4v) is 2.00. The van der Waals surface area contributed by atoms with Crippen LogP contribution in [0, 0.1) is 13.8 Å². The van der Waals surface area contributed by atoms with E-state index < -0.39 is 0 Å². The van der Waals surface area contributed by atoms with Gasteiger partial charge in [-0.3, -0.25) is 4.79 Å². The van der Waals surface area contributed by atoms with Crippen LogP contribution in [-0.4, -0.2) is 22.7 Å². The van der Waals surface area contributed by atoms with Gasteiger partial charge in [0.15, 0.2) is 0 Å². The molecule has 98 valence electrons. The maximum Gasteiger partial charge on any atom is 0.248 e. The third-order valence-corrected chi connectivity index (χ3v) is 2.94. The number of nitrogens with zero attached hydrogens (tertiary/aromatic N) is 2. The van der Waals surface area contributed by atoms with Gasteiger partial charge in [-0.2, -0.15) is 0 Å². The topological polar surface area (TPSA) is 77.2 Å². The van der Waals surface area contributed by atoms with Crippen LogP contribution in [0.5, 0.6) is 5.75 Å². The van der Waals surface area contributed by atoms with E-state index in [-0.39, 0.29) is 5.91 Å². The van der Waals surface area contributed by atoms with Crippen LogP contribution >= 0.6 is 0 Å². The molecule has 0 fully saturated rings. The Morgan fingerprint density at radius 3 is 2.84 bits per heavy atom. The Morgan fingerprint density at radius 2 is 2.11 bits per heavy atom. The van der Waals surface area contributed by atoms with Crippen molar-refractivity contribution in [2.24, 2.45) is 0 Å². The van der Waals surface area contributed by atoms with Crippen molar-refractivity contribution in [1.29, 1.82) is 0 Å². The molecule has 0 saturated carbocycles. The molecule has 0 aliphatic carbocycles. The van der Waals surface area contributed by atoms with Gasteiger partial charge in [-0.25, -0.2) is 0 Å². The highest BCUT2D eigenvalue weighted by Gasteiger charge is 2.18. The van der Waals surface area contributed by atoms with E-state index in [0.29, 0.717) is 36.2 Å². The highest BCUT2D eigenvalue weighted by molar-refractivity contribution is 5.94. The van der Waals surface area contributed by atoms with Crippen LogP contribution in [0.4, 0.5) is 5.69 Å². The molecule has 1 amide bonds. The van der Waals surface area contributed by atoms with E-state index >= 15 is 0 Å².